The van der Waals surface area contributed by atoms with Crippen molar-refractivity contribution in [1.29, 1.82) is 0 Å². The van der Waals surface area contributed by atoms with Crippen LogP contribution in [0.2, 0.25) is 0 Å². The van der Waals surface area contributed by atoms with Crippen molar-refractivity contribution >= 4 is 22.6 Å². The van der Waals surface area contributed by atoms with Gasteiger partial charge in [0.25, 0.3) is 10.2 Å². The van der Waals surface area contributed by atoms with Crippen LogP contribution in [0.4, 0.5) is 0 Å². The van der Waals surface area contributed by atoms with E-state index in [0.717, 1.165) is 32.2 Å². The molecule has 0 aromatic carbocycles. The van der Waals surface area contributed by atoms with E-state index in [1.807, 2.05) is 0 Å². The van der Waals surface area contributed by atoms with Crippen molar-refractivity contribution in [3.05, 3.63) is 0 Å². The number of hydrogen-bond acceptors (Lipinski definition) is 3. The largest absolute Gasteiger partial charge is 0.314 e. The molecule has 23 heavy (non-hydrogen) atoms. The number of rotatable bonds is 9. The van der Waals surface area contributed by atoms with Crippen molar-refractivity contribution in [3.63, 3.8) is 0 Å². The predicted octanol–water partition coefficient (Wildman–Crippen LogP) is 2.78. The molecule has 2 N–H and O–H groups in total. The lowest BCUT2D eigenvalue weighted by atomic mass is 10.0. The summed E-state index contributed by atoms with van der Waals surface area (Å²) in [5, 5.41) is 3.36. The Hall–Kier alpha value is 0.120. The fourth-order valence-corrected chi connectivity index (χ4v) is 4.16. The highest BCUT2D eigenvalue weighted by atomic mass is 35.5. The Kier molecular flexibility index (Phi) is 10.9. The first kappa shape index (κ1) is 23.1. The molecule has 1 aliphatic rings. The molecule has 2 unspecified atom stereocenters. The summed E-state index contributed by atoms with van der Waals surface area (Å²) in [5.74, 6) is 1.02. The molecule has 7 heteroatoms. The highest BCUT2D eigenvalue weighted by molar-refractivity contribution is 7.87. The minimum atomic E-state index is -3.38. The Morgan fingerprint density at radius 3 is 2.09 bits per heavy atom. The highest BCUT2D eigenvalue weighted by Gasteiger charge is 2.27. The average molecular weight is 370 g/mol. The first-order chi connectivity index (χ1) is 10.2. The van der Waals surface area contributed by atoms with Gasteiger partial charge >= 0.3 is 0 Å². The molecule has 0 aliphatic carbocycles. The summed E-state index contributed by atoms with van der Waals surface area (Å²) < 4.78 is 30.0. The lowest BCUT2D eigenvalue weighted by Crippen LogP contribution is -2.51. The molecule has 0 bridgehead atoms. The molecule has 1 saturated heterocycles. The Morgan fingerprint density at radius 2 is 1.65 bits per heavy atom. The fourth-order valence-electron chi connectivity index (χ4n) is 2.68. The molecule has 1 fully saturated rings. The summed E-state index contributed by atoms with van der Waals surface area (Å²) in [6.45, 7) is 12.7. The molecule has 0 amide bonds. The normalized spacial score (nSPS) is 22.6. The third-order valence-electron chi connectivity index (χ3n) is 4.19. The molecule has 2 atom stereocenters. The van der Waals surface area contributed by atoms with Crippen LogP contribution >= 0.6 is 12.4 Å². The first-order valence-electron chi connectivity index (χ1n) is 8.71. The van der Waals surface area contributed by atoms with Gasteiger partial charge in [0.2, 0.25) is 0 Å². The minimum Gasteiger partial charge on any atom is -0.314 e. The molecule has 0 radical (unpaired) electrons. The maximum Gasteiger partial charge on any atom is 0.279 e. The van der Waals surface area contributed by atoms with Gasteiger partial charge in [0, 0.05) is 25.2 Å². The summed E-state index contributed by atoms with van der Waals surface area (Å²) in [6, 6.07) is 0.433. The van der Waals surface area contributed by atoms with Crippen molar-refractivity contribution in [2.24, 2.45) is 11.8 Å². The second kappa shape index (κ2) is 10.9. The molecular formula is C16H36ClN3O2S. The fraction of sp³-hybridized carbons (Fsp3) is 1.00. The second-order valence-corrected chi connectivity index (χ2v) is 9.17. The smallest absolute Gasteiger partial charge is 0.279 e. The molecule has 0 saturated carbocycles. The van der Waals surface area contributed by atoms with Gasteiger partial charge in [-0.3, -0.25) is 0 Å². The number of nitrogens with zero attached hydrogens (tertiary/aromatic N) is 1. The zero-order valence-electron chi connectivity index (χ0n) is 15.3. The number of nitrogens with one attached hydrogen (secondary N) is 2. The highest BCUT2D eigenvalue weighted by Crippen LogP contribution is 2.14. The molecular weight excluding hydrogens is 334 g/mol. The van der Waals surface area contributed by atoms with E-state index in [0.29, 0.717) is 31.0 Å². The lowest BCUT2D eigenvalue weighted by Gasteiger charge is -2.31. The van der Waals surface area contributed by atoms with Crippen LogP contribution in [0.1, 0.15) is 60.3 Å². The molecule has 5 nitrogen and oxygen atoms in total. The molecule has 1 heterocycles. The number of hydrogen-bond donors (Lipinski definition) is 2. The Morgan fingerprint density at radius 1 is 1.13 bits per heavy atom. The zero-order chi connectivity index (χ0) is 16.8. The van der Waals surface area contributed by atoms with Gasteiger partial charge in [-0.15, -0.1) is 12.4 Å². The average Bonchev–Trinajstić information content (AvgIpc) is 2.36. The summed E-state index contributed by atoms with van der Waals surface area (Å²) in [4.78, 5) is 0. The van der Waals surface area contributed by atoms with Gasteiger partial charge in [0.1, 0.15) is 0 Å². The van der Waals surface area contributed by atoms with Gasteiger partial charge in [-0.25, -0.2) is 0 Å². The van der Waals surface area contributed by atoms with Crippen molar-refractivity contribution in [2.75, 3.05) is 19.6 Å². The van der Waals surface area contributed by atoms with Gasteiger partial charge in [-0.2, -0.15) is 17.4 Å². The van der Waals surface area contributed by atoms with Crippen molar-refractivity contribution in [2.45, 2.75) is 72.4 Å². The second-order valence-electron chi connectivity index (χ2n) is 7.46. The predicted molar refractivity (Wildman–Crippen MR) is 100 cm³/mol. The van der Waals surface area contributed by atoms with Gasteiger partial charge < -0.3 is 5.32 Å². The van der Waals surface area contributed by atoms with Crippen LogP contribution in [0.3, 0.4) is 0 Å². The number of halogens is 1. The van der Waals surface area contributed by atoms with Crippen molar-refractivity contribution < 1.29 is 8.42 Å². The molecule has 0 aromatic rings. The minimum absolute atomic E-state index is 0. The van der Waals surface area contributed by atoms with Gasteiger partial charge in [0.15, 0.2) is 0 Å². The lowest BCUT2D eigenvalue weighted by molar-refractivity contribution is 0.328. The maximum absolute atomic E-state index is 12.7. The van der Waals surface area contributed by atoms with E-state index in [9.17, 15) is 8.42 Å². The standard InChI is InChI=1S/C16H35N3O2S.ClH/c1-13(2)7-10-19(11-8-14(3)4)22(20,21)18-16-6-9-17-15(5)12-16;/h13-18H,6-12H2,1-5H3;1H. The summed E-state index contributed by atoms with van der Waals surface area (Å²) in [7, 11) is -3.38. The molecule has 0 spiro atoms. The SMILES string of the molecule is CC(C)CCN(CCC(C)C)S(=O)(=O)NC1CCNC(C)C1.Cl. The van der Waals surface area contributed by atoms with Crippen LogP contribution in [-0.4, -0.2) is 44.4 Å². The quantitative estimate of drug-likeness (QED) is 0.656. The van der Waals surface area contributed by atoms with E-state index in [-0.39, 0.29) is 18.4 Å². The third kappa shape index (κ3) is 9.25. The Labute approximate surface area is 149 Å². The van der Waals surface area contributed by atoms with Crippen LogP contribution in [0.15, 0.2) is 0 Å². The van der Waals surface area contributed by atoms with Crippen LogP contribution < -0.4 is 10.0 Å². The summed E-state index contributed by atoms with van der Waals surface area (Å²) >= 11 is 0. The van der Waals surface area contributed by atoms with Crippen LogP contribution in [-0.2, 0) is 10.2 Å². The third-order valence-corrected chi connectivity index (χ3v) is 5.87. The van der Waals surface area contributed by atoms with E-state index in [1.54, 1.807) is 4.31 Å². The van der Waals surface area contributed by atoms with E-state index in [2.05, 4.69) is 44.7 Å². The summed E-state index contributed by atoms with van der Waals surface area (Å²) in [5.41, 5.74) is 0. The monoisotopic (exact) mass is 369 g/mol. The van der Waals surface area contributed by atoms with Gasteiger partial charge in [0.05, 0.1) is 0 Å². The number of piperidine rings is 1. The van der Waals surface area contributed by atoms with Crippen LogP contribution in [0.25, 0.3) is 0 Å². The first-order valence-corrected chi connectivity index (χ1v) is 10.2. The molecule has 1 rings (SSSR count). The van der Waals surface area contributed by atoms with Gasteiger partial charge in [-0.1, -0.05) is 27.7 Å². The Bertz CT molecular complexity index is 404. The van der Waals surface area contributed by atoms with E-state index >= 15 is 0 Å². The molecule has 1 aliphatic heterocycles. The van der Waals surface area contributed by atoms with Crippen LogP contribution in [0, 0.1) is 11.8 Å². The van der Waals surface area contributed by atoms with Crippen LogP contribution in [0.5, 0.6) is 0 Å². The van der Waals surface area contributed by atoms with E-state index < -0.39 is 10.2 Å². The van der Waals surface area contributed by atoms with Crippen molar-refractivity contribution in [1.82, 2.24) is 14.3 Å². The van der Waals surface area contributed by atoms with E-state index in [4.69, 9.17) is 0 Å². The maximum atomic E-state index is 12.7. The molecule has 140 valence electrons. The topological polar surface area (TPSA) is 61.4 Å². The molecule has 0 aromatic heterocycles. The zero-order valence-corrected chi connectivity index (χ0v) is 17.0. The summed E-state index contributed by atoms with van der Waals surface area (Å²) in [6.07, 6.45) is 3.54. The van der Waals surface area contributed by atoms with E-state index in [1.165, 1.54) is 0 Å². The van der Waals surface area contributed by atoms with Crippen molar-refractivity contribution in [3.8, 4) is 0 Å². The van der Waals surface area contributed by atoms with Gasteiger partial charge in [-0.05, 0) is 51.0 Å². The Balaban J connectivity index is 0.00000484.